The number of thiazole rings is 1. The van der Waals surface area contributed by atoms with Crippen LogP contribution >= 0.6 is 11.3 Å². The van der Waals surface area contributed by atoms with Crippen molar-refractivity contribution < 1.29 is 14.7 Å². The maximum atomic E-state index is 13.4. The number of benzene rings is 1. The quantitative estimate of drug-likeness (QED) is 0.597. The second kappa shape index (κ2) is 9.52. The molecule has 0 unspecified atom stereocenters. The number of nitrogens with two attached hydrogens (primary N) is 1. The van der Waals surface area contributed by atoms with Gasteiger partial charge in [-0.3, -0.25) is 9.59 Å². The van der Waals surface area contributed by atoms with E-state index in [0.717, 1.165) is 21.7 Å². The first-order valence-electron chi connectivity index (χ1n) is 11.5. The van der Waals surface area contributed by atoms with Gasteiger partial charge in [-0.05, 0) is 36.8 Å². The van der Waals surface area contributed by atoms with Crippen LogP contribution < -0.4 is 11.1 Å². The molecule has 180 valence electrons. The number of likely N-dealkylation sites (tertiary alicyclic amines) is 1. The molecule has 1 fully saturated rings. The van der Waals surface area contributed by atoms with E-state index < -0.39 is 23.1 Å². The van der Waals surface area contributed by atoms with Crippen LogP contribution in [0.15, 0.2) is 29.8 Å². The summed E-state index contributed by atoms with van der Waals surface area (Å²) < 4.78 is 0. The van der Waals surface area contributed by atoms with E-state index in [2.05, 4.69) is 10.3 Å². The number of hydrogen-bond acceptors (Lipinski definition) is 6. The highest BCUT2D eigenvalue weighted by Gasteiger charge is 2.50. The first-order chi connectivity index (χ1) is 15.4. The summed E-state index contributed by atoms with van der Waals surface area (Å²) in [5, 5.41) is 13.3. The van der Waals surface area contributed by atoms with Crippen LogP contribution in [0.25, 0.3) is 10.4 Å². The van der Waals surface area contributed by atoms with Crippen molar-refractivity contribution in [3.63, 3.8) is 0 Å². The van der Waals surface area contributed by atoms with Crippen LogP contribution in [0.2, 0.25) is 0 Å². The molecule has 8 heteroatoms. The first-order valence-corrected chi connectivity index (χ1v) is 12.4. The van der Waals surface area contributed by atoms with Gasteiger partial charge in [0.2, 0.25) is 11.8 Å². The zero-order valence-electron chi connectivity index (χ0n) is 20.4. The lowest BCUT2D eigenvalue weighted by Crippen LogP contribution is -2.64. The lowest BCUT2D eigenvalue weighted by atomic mass is 9.71. The maximum absolute atomic E-state index is 13.4. The molecule has 1 aromatic carbocycles. The Balaban J connectivity index is 1.74. The summed E-state index contributed by atoms with van der Waals surface area (Å²) in [7, 11) is 0. The van der Waals surface area contributed by atoms with Crippen LogP contribution in [-0.2, 0) is 9.59 Å². The second-order valence-corrected chi connectivity index (χ2v) is 10.9. The van der Waals surface area contributed by atoms with E-state index in [1.807, 2.05) is 71.3 Å². The number of amides is 2. The Morgan fingerprint density at radius 3 is 2.45 bits per heavy atom. The topological polar surface area (TPSA) is 109 Å². The fraction of sp³-hybridized carbons (Fsp3) is 0.560. The van der Waals surface area contributed by atoms with E-state index in [0.29, 0.717) is 6.42 Å². The number of nitrogens with zero attached hydrogens (tertiary/aromatic N) is 2. The molecule has 0 spiro atoms. The molecule has 2 amide bonds. The van der Waals surface area contributed by atoms with Gasteiger partial charge in [-0.2, -0.15) is 0 Å². The van der Waals surface area contributed by atoms with Gasteiger partial charge in [0.1, 0.15) is 11.6 Å². The Bertz CT molecular complexity index is 998. The number of nitrogens with one attached hydrogen (secondary N) is 1. The van der Waals surface area contributed by atoms with Gasteiger partial charge < -0.3 is 21.1 Å². The lowest BCUT2D eigenvalue weighted by Gasteiger charge is -2.43. The van der Waals surface area contributed by atoms with Crippen molar-refractivity contribution in [2.75, 3.05) is 6.54 Å². The number of rotatable bonds is 6. The predicted molar refractivity (Wildman–Crippen MR) is 132 cm³/mol. The monoisotopic (exact) mass is 472 g/mol. The molecule has 4 N–H and O–H groups in total. The largest absolute Gasteiger partial charge is 0.391 e. The van der Waals surface area contributed by atoms with E-state index in [1.165, 1.54) is 4.90 Å². The average molecular weight is 473 g/mol. The third-order valence-electron chi connectivity index (χ3n) is 6.90. The highest BCUT2D eigenvalue weighted by molar-refractivity contribution is 7.13. The van der Waals surface area contributed by atoms with Crippen LogP contribution in [-0.4, -0.2) is 51.0 Å². The normalized spacial score (nSPS) is 21.5. The van der Waals surface area contributed by atoms with E-state index in [1.54, 1.807) is 11.3 Å². The van der Waals surface area contributed by atoms with E-state index in [4.69, 9.17) is 5.73 Å². The minimum Gasteiger partial charge on any atom is -0.391 e. The van der Waals surface area contributed by atoms with E-state index >= 15 is 0 Å². The van der Waals surface area contributed by atoms with Crippen molar-refractivity contribution in [2.24, 2.45) is 11.1 Å². The standard InChI is InChI=1S/C25H36N4O3S/c1-7-25(26,24(4,5)6)23(32)29-13-19(30)12-20(29)22(31)28-15(2)17-8-10-18(11-9-17)21-16(3)27-14-33-21/h8-11,14-15,19-20,30H,7,12-13,26H2,1-6H3,(H,28,31)/t15-,19+,20-,25-/m0/s1. The molecule has 1 aliphatic rings. The first kappa shape index (κ1) is 25.3. The van der Waals surface area contributed by atoms with Gasteiger partial charge in [-0.25, -0.2) is 4.98 Å². The Morgan fingerprint density at radius 1 is 1.30 bits per heavy atom. The summed E-state index contributed by atoms with van der Waals surface area (Å²) in [5.74, 6) is -0.562. The third kappa shape index (κ3) is 4.98. The minimum atomic E-state index is -1.12. The highest BCUT2D eigenvalue weighted by Crippen LogP contribution is 2.35. The fourth-order valence-corrected chi connectivity index (χ4v) is 5.25. The van der Waals surface area contributed by atoms with E-state index in [-0.39, 0.29) is 30.8 Å². The summed E-state index contributed by atoms with van der Waals surface area (Å²) in [6.45, 7) is 11.7. The highest BCUT2D eigenvalue weighted by atomic mass is 32.1. The van der Waals surface area contributed by atoms with Crippen LogP contribution in [0.5, 0.6) is 0 Å². The molecule has 4 atom stereocenters. The van der Waals surface area contributed by atoms with Gasteiger partial charge in [0.25, 0.3) is 0 Å². The summed E-state index contributed by atoms with van der Waals surface area (Å²) in [6, 6.07) is 7.05. The average Bonchev–Trinajstić information content (AvgIpc) is 3.37. The number of aryl methyl sites for hydroxylation is 1. The Morgan fingerprint density at radius 2 is 1.94 bits per heavy atom. The molecular weight excluding hydrogens is 436 g/mol. The fourth-order valence-electron chi connectivity index (χ4n) is 4.44. The molecule has 0 bridgehead atoms. The summed E-state index contributed by atoms with van der Waals surface area (Å²) >= 11 is 1.60. The van der Waals surface area contributed by atoms with Gasteiger partial charge in [-0.1, -0.05) is 52.0 Å². The predicted octanol–water partition coefficient (Wildman–Crippen LogP) is 3.41. The van der Waals surface area contributed by atoms with Gasteiger partial charge in [-0.15, -0.1) is 11.3 Å². The molecule has 33 heavy (non-hydrogen) atoms. The van der Waals surface area contributed by atoms with Crippen molar-refractivity contribution >= 4 is 23.2 Å². The number of carbonyl (C=O) groups excluding carboxylic acids is 2. The SMILES string of the molecule is CC[C@](N)(C(=O)N1C[C@H](O)C[C@H]1C(=O)N[C@@H](C)c1ccc(-c2scnc2C)cc1)C(C)(C)C. The summed E-state index contributed by atoms with van der Waals surface area (Å²) in [6.07, 6.45) is -0.0983. The van der Waals surface area contributed by atoms with Gasteiger partial charge in [0.15, 0.2) is 0 Å². The Kier molecular flexibility index (Phi) is 7.31. The van der Waals surface area contributed by atoms with Crippen molar-refractivity contribution in [1.82, 2.24) is 15.2 Å². The molecular formula is C25H36N4O3S. The van der Waals surface area contributed by atoms with Crippen molar-refractivity contribution in [3.8, 4) is 10.4 Å². The summed E-state index contributed by atoms with van der Waals surface area (Å²) in [4.78, 5) is 33.5. The molecule has 1 aromatic heterocycles. The number of hydrogen-bond donors (Lipinski definition) is 3. The van der Waals surface area contributed by atoms with Crippen molar-refractivity contribution in [2.45, 2.75) is 78.1 Å². The molecule has 7 nitrogen and oxygen atoms in total. The van der Waals surface area contributed by atoms with Crippen molar-refractivity contribution in [1.29, 1.82) is 0 Å². The van der Waals surface area contributed by atoms with Crippen molar-refractivity contribution in [3.05, 3.63) is 41.0 Å². The molecule has 1 saturated heterocycles. The number of carbonyl (C=O) groups is 2. The van der Waals surface area contributed by atoms with Gasteiger partial charge >= 0.3 is 0 Å². The molecule has 2 aromatic rings. The third-order valence-corrected chi connectivity index (χ3v) is 7.87. The van der Waals surface area contributed by atoms with Crippen LogP contribution in [0.1, 0.15) is 64.8 Å². The van der Waals surface area contributed by atoms with Crippen LogP contribution in [0.4, 0.5) is 0 Å². The molecule has 1 aliphatic heterocycles. The molecule has 0 saturated carbocycles. The van der Waals surface area contributed by atoms with Gasteiger partial charge in [0, 0.05) is 13.0 Å². The summed E-state index contributed by atoms with van der Waals surface area (Å²) in [5.41, 5.74) is 9.83. The molecule has 0 aliphatic carbocycles. The number of aliphatic hydroxyl groups is 1. The molecule has 0 radical (unpaired) electrons. The maximum Gasteiger partial charge on any atom is 0.243 e. The Hall–Kier alpha value is -2.29. The number of β-amino-alcohol motifs (C(OH)–C–C–N with tert-alkyl or cyclic N) is 1. The minimum absolute atomic E-state index is 0.114. The van der Waals surface area contributed by atoms with Crippen LogP contribution in [0.3, 0.4) is 0 Å². The number of aliphatic hydroxyl groups excluding tert-OH is 1. The van der Waals surface area contributed by atoms with Gasteiger partial charge in [0.05, 0.1) is 28.2 Å². The molecule has 3 rings (SSSR count). The smallest absolute Gasteiger partial charge is 0.243 e. The second-order valence-electron chi connectivity index (χ2n) is 10.1. The Labute approximate surface area is 200 Å². The van der Waals surface area contributed by atoms with Crippen LogP contribution in [0, 0.1) is 12.3 Å². The number of aromatic nitrogens is 1. The zero-order chi connectivity index (χ0) is 24.6. The van der Waals surface area contributed by atoms with E-state index in [9.17, 15) is 14.7 Å². The zero-order valence-corrected chi connectivity index (χ0v) is 21.2. The lowest BCUT2D eigenvalue weighted by molar-refractivity contribution is -0.146. The molecule has 2 heterocycles.